The topological polar surface area (TPSA) is 49.7 Å². The number of ether oxygens (including phenoxy) is 1. The summed E-state index contributed by atoms with van der Waals surface area (Å²) >= 11 is 0. The summed E-state index contributed by atoms with van der Waals surface area (Å²) in [5, 5.41) is 19.9. The first-order valence-corrected chi connectivity index (χ1v) is 8.89. The van der Waals surface area contributed by atoms with Crippen LogP contribution in [0.2, 0.25) is 0 Å². The van der Waals surface area contributed by atoms with Gasteiger partial charge >= 0.3 is 0 Å². The number of aliphatic hydroxyl groups excluding tert-OH is 1. The first-order valence-electron chi connectivity index (χ1n) is 8.89. The van der Waals surface area contributed by atoms with Gasteiger partial charge in [-0.05, 0) is 62.7 Å². The number of aliphatic hydroxyl groups is 2. The minimum absolute atomic E-state index is 0.0879. The van der Waals surface area contributed by atoms with Crippen LogP contribution in [0.5, 0.6) is 0 Å². The van der Waals surface area contributed by atoms with Crippen molar-refractivity contribution in [2.24, 2.45) is 23.2 Å². The molecule has 128 valence electrons. The second kappa shape index (κ2) is 7.02. The maximum Gasteiger partial charge on any atom is 0.0824 e. The van der Waals surface area contributed by atoms with Crippen LogP contribution in [0.15, 0.2) is 12.2 Å². The highest BCUT2D eigenvalue weighted by atomic mass is 16.5. The van der Waals surface area contributed by atoms with Gasteiger partial charge in [-0.25, -0.2) is 0 Å². The van der Waals surface area contributed by atoms with Gasteiger partial charge in [-0.1, -0.05) is 32.4 Å². The molecule has 0 saturated heterocycles. The monoisotopic (exact) mass is 310 g/mol. The Bertz CT molecular complexity index is 385. The first-order chi connectivity index (χ1) is 10.2. The average molecular weight is 310 g/mol. The Morgan fingerprint density at radius 3 is 2.73 bits per heavy atom. The van der Waals surface area contributed by atoms with Gasteiger partial charge in [0.1, 0.15) is 0 Å². The van der Waals surface area contributed by atoms with Crippen LogP contribution in [0, 0.1) is 23.2 Å². The van der Waals surface area contributed by atoms with E-state index in [9.17, 15) is 10.2 Å². The van der Waals surface area contributed by atoms with Crippen molar-refractivity contribution in [2.75, 3.05) is 13.2 Å². The van der Waals surface area contributed by atoms with Crippen molar-refractivity contribution in [1.82, 2.24) is 0 Å². The summed E-state index contributed by atoms with van der Waals surface area (Å²) in [7, 11) is 0. The first kappa shape index (κ1) is 18.0. The van der Waals surface area contributed by atoms with Gasteiger partial charge in [0.05, 0.1) is 24.9 Å². The fraction of sp³-hybridized carbons (Fsp3) is 0.895. The quantitative estimate of drug-likeness (QED) is 0.583. The van der Waals surface area contributed by atoms with Gasteiger partial charge in [-0.2, -0.15) is 0 Å². The lowest BCUT2D eigenvalue weighted by Gasteiger charge is -2.44. The molecule has 5 atom stereocenters. The predicted molar refractivity (Wildman–Crippen MR) is 89.6 cm³/mol. The fourth-order valence-corrected chi connectivity index (χ4v) is 4.83. The van der Waals surface area contributed by atoms with Crippen LogP contribution in [-0.4, -0.2) is 35.1 Å². The molecule has 0 aliphatic heterocycles. The Morgan fingerprint density at radius 2 is 2.05 bits per heavy atom. The fourth-order valence-electron chi connectivity index (χ4n) is 4.83. The average Bonchev–Trinajstić information content (AvgIpc) is 2.75. The summed E-state index contributed by atoms with van der Waals surface area (Å²) in [6.45, 7) is 9.13. The molecule has 1 unspecified atom stereocenters. The molecule has 3 heteroatoms. The van der Waals surface area contributed by atoms with Crippen LogP contribution < -0.4 is 0 Å². The van der Waals surface area contributed by atoms with Crippen molar-refractivity contribution in [3.63, 3.8) is 0 Å². The Morgan fingerprint density at radius 1 is 1.32 bits per heavy atom. The normalized spacial score (nSPS) is 37.5. The van der Waals surface area contributed by atoms with E-state index in [0.717, 1.165) is 12.8 Å². The molecule has 22 heavy (non-hydrogen) atoms. The molecule has 2 aliphatic rings. The summed E-state index contributed by atoms with van der Waals surface area (Å²) in [6.07, 6.45) is 10.1. The van der Waals surface area contributed by atoms with E-state index >= 15 is 0 Å². The molecule has 2 rings (SSSR count). The van der Waals surface area contributed by atoms with Gasteiger partial charge in [0, 0.05) is 0 Å². The number of allylic oxidation sites excluding steroid dienone is 1. The third-order valence-corrected chi connectivity index (χ3v) is 5.91. The minimum atomic E-state index is -0.760. The van der Waals surface area contributed by atoms with Crippen LogP contribution >= 0.6 is 0 Å². The van der Waals surface area contributed by atoms with Crippen LogP contribution in [0.4, 0.5) is 0 Å². The summed E-state index contributed by atoms with van der Waals surface area (Å²) in [4.78, 5) is 0. The predicted octanol–water partition coefficient (Wildman–Crippen LogP) is 3.54. The zero-order valence-electron chi connectivity index (χ0n) is 14.7. The number of fused-ring (bicyclic) bond motifs is 1. The van der Waals surface area contributed by atoms with Gasteiger partial charge in [0.2, 0.25) is 0 Å². The SMILES string of the molecule is CC(/C=C/COCC(C)(C)O)[C@H]1CC[C@H]2[C@@H](O)CCC[C@]12C. The smallest absolute Gasteiger partial charge is 0.0824 e. The van der Waals surface area contributed by atoms with E-state index in [2.05, 4.69) is 26.0 Å². The molecule has 0 aromatic rings. The van der Waals surface area contributed by atoms with Crippen molar-refractivity contribution >= 4 is 0 Å². The maximum atomic E-state index is 10.3. The number of hydrogen-bond acceptors (Lipinski definition) is 3. The van der Waals surface area contributed by atoms with Crippen molar-refractivity contribution in [2.45, 2.75) is 71.5 Å². The minimum Gasteiger partial charge on any atom is -0.393 e. The third kappa shape index (κ3) is 4.12. The molecule has 0 amide bonds. The van der Waals surface area contributed by atoms with Gasteiger partial charge < -0.3 is 14.9 Å². The molecule has 0 heterocycles. The summed E-state index contributed by atoms with van der Waals surface area (Å²) in [6, 6.07) is 0. The van der Waals surface area contributed by atoms with Crippen molar-refractivity contribution in [1.29, 1.82) is 0 Å². The second-order valence-electron chi connectivity index (χ2n) is 8.37. The highest BCUT2D eigenvalue weighted by molar-refractivity contribution is 5.05. The lowest BCUT2D eigenvalue weighted by Crippen LogP contribution is -2.41. The van der Waals surface area contributed by atoms with Crippen molar-refractivity contribution in [3.8, 4) is 0 Å². The molecule has 0 spiro atoms. The van der Waals surface area contributed by atoms with Crippen molar-refractivity contribution in [3.05, 3.63) is 12.2 Å². The second-order valence-corrected chi connectivity index (χ2v) is 8.37. The van der Waals surface area contributed by atoms with E-state index < -0.39 is 5.60 Å². The number of rotatable bonds is 6. The Balaban J connectivity index is 1.86. The highest BCUT2D eigenvalue weighted by Crippen LogP contribution is 2.57. The van der Waals surface area contributed by atoms with E-state index in [1.54, 1.807) is 13.8 Å². The summed E-state index contributed by atoms with van der Waals surface area (Å²) < 4.78 is 5.48. The zero-order chi connectivity index (χ0) is 16.4. The lowest BCUT2D eigenvalue weighted by molar-refractivity contribution is -0.0233. The maximum absolute atomic E-state index is 10.3. The molecular formula is C19H34O3. The Labute approximate surface area is 135 Å². The summed E-state index contributed by atoms with van der Waals surface area (Å²) in [5.74, 6) is 1.68. The molecule has 0 aromatic carbocycles. The van der Waals surface area contributed by atoms with E-state index in [4.69, 9.17) is 4.74 Å². The van der Waals surface area contributed by atoms with Crippen LogP contribution in [-0.2, 0) is 4.74 Å². The van der Waals surface area contributed by atoms with E-state index in [1.807, 2.05) is 0 Å². The largest absolute Gasteiger partial charge is 0.393 e. The molecule has 2 saturated carbocycles. The molecule has 2 aliphatic carbocycles. The van der Waals surface area contributed by atoms with Crippen LogP contribution in [0.1, 0.15) is 59.8 Å². The summed E-state index contributed by atoms with van der Waals surface area (Å²) in [5.41, 5.74) is -0.459. The molecule has 0 bridgehead atoms. The van der Waals surface area contributed by atoms with E-state index in [1.165, 1.54) is 19.3 Å². The number of hydrogen-bond donors (Lipinski definition) is 2. The lowest BCUT2D eigenvalue weighted by atomic mass is 9.62. The van der Waals surface area contributed by atoms with Gasteiger partial charge in [0.15, 0.2) is 0 Å². The third-order valence-electron chi connectivity index (χ3n) is 5.91. The molecule has 3 nitrogen and oxygen atoms in total. The molecule has 2 fully saturated rings. The van der Waals surface area contributed by atoms with Gasteiger partial charge in [-0.3, -0.25) is 0 Å². The highest BCUT2D eigenvalue weighted by Gasteiger charge is 2.51. The van der Waals surface area contributed by atoms with Crippen LogP contribution in [0.3, 0.4) is 0 Å². The molecular weight excluding hydrogens is 276 g/mol. The Kier molecular flexibility index (Phi) is 5.73. The van der Waals surface area contributed by atoms with Crippen LogP contribution in [0.25, 0.3) is 0 Å². The standard InChI is InChI=1S/C19H34O3/c1-14(7-6-12-22-13-18(2,3)21)15-9-10-16-17(20)8-5-11-19(15,16)4/h6-7,14-17,20-21H,5,8-13H2,1-4H3/b7-6+/t14?,15-,16+,17+,19-/m1/s1. The van der Waals surface area contributed by atoms with Gasteiger partial charge in [-0.15, -0.1) is 0 Å². The van der Waals surface area contributed by atoms with E-state index in [0.29, 0.717) is 36.4 Å². The Hall–Kier alpha value is -0.380. The molecule has 2 N–H and O–H groups in total. The van der Waals surface area contributed by atoms with E-state index in [-0.39, 0.29) is 6.10 Å². The molecule has 0 radical (unpaired) electrons. The zero-order valence-corrected chi connectivity index (χ0v) is 14.7. The van der Waals surface area contributed by atoms with Crippen molar-refractivity contribution < 1.29 is 14.9 Å². The van der Waals surface area contributed by atoms with Gasteiger partial charge in [0.25, 0.3) is 0 Å². The molecule has 0 aromatic heterocycles.